The highest BCUT2D eigenvalue weighted by Gasteiger charge is 2.06. The molecule has 116 valence electrons. The molecule has 23 heavy (non-hydrogen) atoms. The molecular weight excluding hydrogens is 295 g/mol. The summed E-state index contributed by atoms with van der Waals surface area (Å²) in [6, 6.07) is 14.8. The number of aliphatic hydroxyl groups is 1. The van der Waals surface area contributed by atoms with Gasteiger partial charge in [0.2, 0.25) is 0 Å². The number of benzene rings is 2. The van der Waals surface area contributed by atoms with Crippen molar-refractivity contribution < 1.29 is 9.50 Å². The largest absolute Gasteiger partial charge is 0.386 e. The minimum Gasteiger partial charge on any atom is -0.386 e. The van der Waals surface area contributed by atoms with Crippen molar-refractivity contribution in [1.82, 2.24) is 4.98 Å². The summed E-state index contributed by atoms with van der Waals surface area (Å²) in [5, 5.41) is 10.9. The van der Waals surface area contributed by atoms with E-state index in [0.717, 1.165) is 10.9 Å². The second kappa shape index (κ2) is 6.54. The number of aromatic nitrogens is 1. The van der Waals surface area contributed by atoms with Gasteiger partial charge in [-0.15, -0.1) is 0 Å². The van der Waals surface area contributed by atoms with Gasteiger partial charge in [0.1, 0.15) is 5.82 Å². The second-order valence-electron chi connectivity index (χ2n) is 5.20. The van der Waals surface area contributed by atoms with Crippen molar-refractivity contribution in [3.8, 4) is 0 Å². The quantitative estimate of drug-likeness (QED) is 0.728. The first-order valence-electron chi connectivity index (χ1n) is 7.19. The van der Waals surface area contributed by atoms with Gasteiger partial charge in [0, 0.05) is 11.7 Å². The fourth-order valence-corrected chi connectivity index (χ4v) is 2.30. The number of pyridine rings is 1. The molecule has 0 radical (unpaired) electrons. The van der Waals surface area contributed by atoms with E-state index in [9.17, 15) is 14.3 Å². The Morgan fingerprint density at radius 2 is 1.91 bits per heavy atom. The van der Waals surface area contributed by atoms with Gasteiger partial charge in [-0.05, 0) is 35.2 Å². The highest BCUT2D eigenvalue weighted by molar-refractivity contribution is 5.87. The predicted molar refractivity (Wildman–Crippen MR) is 88.4 cm³/mol. The Labute approximate surface area is 132 Å². The first-order chi connectivity index (χ1) is 11.1. The summed E-state index contributed by atoms with van der Waals surface area (Å²) in [5.74, 6) is -0.354. The Morgan fingerprint density at radius 1 is 1.17 bits per heavy atom. The first-order valence-corrected chi connectivity index (χ1v) is 7.19. The molecule has 0 spiro atoms. The number of halogens is 1. The van der Waals surface area contributed by atoms with Crippen LogP contribution in [-0.2, 0) is 0 Å². The van der Waals surface area contributed by atoms with Crippen LogP contribution in [-0.4, -0.2) is 22.8 Å². The predicted octanol–water partition coefficient (Wildman–Crippen LogP) is 2.82. The number of para-hydroxylation sites is 1. The van der Waals surface area contributed by atoms with E-state index in [2.05, 4.69) is 9.98 Å². The maximum Gasteiger partial charge on any atom is 0.257 e. The maximum atomic E-state index is 12.8. The molecule has 0 bridgehead atoms. The number of aliphatic imine (C=N–C) groups is 1. The number of H-pyrrole nitrogens is 1. The molecule has 0 aliphatic rings. The molecule has 3 aromatic rings. The van der Waals surface area contributed by atoms with E-state index in [1.54, 1.807) is 6.07 Å². The highest BCUT2D eigenvalue weighted by Crippen LogP contribution is 2.14. The molecule has 5 heteroatoms. The van der Waals surface area contributed by atoms with Crippen molar-refractivity contribution >= 4 is 17.1 Å². The molecule has 0 saturated carbocycles. The van der Waals surface area contributed by atoms with Gasteiger partial charge in [-0.2, -0.15) is 0 Å². The van der Waals surface area contributed by atoms with Crippen LogP contribution in [0.2, 0.25) is 0 Å². The van der Waals surface area contributed by atoms with Gasteiger partial charge in [-0.25, -0.2) is 4.39 Å². The third-order valence-corrected chi connectivity index (χ3v) is 3.55. The van der Waals surface area contributed by atoms with E-state index < -0.39 is 6.10 Å². The normalized spacial score (nSPS) is 12.8. The van der Waals surface area contributed by atoms with Crippen molar-refractivity contribution in [2.75, 3.05) is 6.54 Å². The van der Waals surface area contributed by atoms with E-state index in [0.29, 0.717) is 11.1 Å². The van der Waals surface area contributed by atoms with Crippen LogP contribution in [0.25, 0.3) is 10.9 Å². The Bertz CT molecular complexity index is 901. The summed E-state index contributed by atoms with van der Waals surface area (Å²) >= 11 is 0. The SMILES string of the molecule is O=c1[nH]c2ccccc2cc1C=NCC(O)c1ccc(F)cc1. The van der Waals surface area contributed by atoms with Crippen LogP contribution in [0.15, 0.2) is 64.4 Å². The van der Waals surface area contributed by atoms with Crippen LogP contribution in [0.5, 0.6) is 0 Å². The summed E-state index contributed by atoms with van der Waals surface area (Å²) in [6.45, 7) is 0.0951. The fourth-order valence-electron chi connectivity index (χ4n) is 2.30. The molecule has 0 aliphatic heterocycles. The zero-order valence-corrected chi connectivity index (χ0v) is 12.2. The molecule has 0 fully saturated rings. The lowest BCUT2D eigenvalue weighted by Gasteiger charge is -2.07. The molecule has 3 rings (SSSR count). The summed E-state index contributed by atoms with van der Waals surface area (Å²) < 4.78 is 12.8. The minimum absolute atomic E-state index is 0.0951. The number of aromatic amines is 1. The first kappa shape index (κ1) is 15.1. The second-order valence-corrected chi connectivity index (χ2v) is 5.20. The third kappa shape index (κ3) is 3.52. The van der Waals surface area contributed by atoms with E-state index in [4.69, 9.17) is 0 Å². The van der Waals surface area contributed by atoms with Crippen molar-refractivity contribution in [3.05, 3.63) is 81.9 Å². The van der Waals surface area contributed by atoms with Gasteiger partial charge >= 0.3 is 0 Å². The van der Waals surface area contributed by atoms with Gasteiger partial charge in [-0.1, -0.05) is 30.3 Å². The van der Waals surface area contributed by atoms with E-state index in [-0.39, 0.29) is 17.9 Å². The third-order valence-electron chi connectivity index (χ3n) is 3.55. The standard InChI is InChI=1S/C18H15FN2O2/c19-15-7-5-12(6-8-15)17(22)11-20-10-14-9-13-3-1-2-4-16(13)21-18(14)23/h1-10,17,22H,11H2,(H,21,23). The summed E-state index contributed by atoms with van der Waals surface area (Å²) in [5.41, 5.74) is 1.54. The molecule has 1 aromatic heterocycles. The monoisotopic (exact) mass is 310 g/mol. The van der Waals surface area contributed by atoms with E-state index >= 15 is 0 Å². The van der Waals surface area contributed by atoms with E-state index in [1.165, 1.54) is 30.5 Å². The van der Waals surface area contributed by atoms with Gasteiger partial charge < -0.3 is 10.1 Å². The van der Waals surface area contributed by atoms with Gasteiger partial charge in [0.15, 0.2) is 0 Å². The molecule has 4 nitrogen and oxygen atoms in total. The van der Waals surface area contributed by atoms with E-state index in [1.807, 2.05) is 24.3 Å². The molecule has 2 aromatic carbocycles. The Kier molecular flexibility index (Phi) is 4.30. The Balaban J connectivity index is 1.76. The molecular formula is C18H15FN2O2. The molecule has 0 amide bonds. The van der Waals surface area contributed by atoms with Crippen molar-refractivity contribution in [2.24, 2.45) is 4.99 Å². The molecule has 1 atom stereocenters. The summed E-state index contributed by atoms with van der Waals surface area (Å²) in [4.78, 5) is 18.9. The van der Waals surface area contributed by atoms with Crippen LogP contribution in [0.4, 0.5) is 4.39 Å². The lowest BCUT2D eigenvalue weighted by Crippen LogP contribution is -2.12. The number of hydrogen-bond acceptors (Lipinski definition) is 3. The number of aliphatic hydroxyl groups excluding tert-OH is 1. The van der Waals surface area contributed by atoms with Crippen LogP contribution in [0, 0.1) is 5.82 Å². The van der Waals surface area contributed by atoms with Crippen molar-refractivity contribution in [1.29, 1.82) is 0 Å². The molecule has 1 unspecified atom stereocenters. The van der Waals surface area contributed by atoms with Crippen LogP contribution < -0.4 is 5.56 Å². The lowest BCUT2D eigenvalue weighted by atomic mass is 10.1. The van der Waals surface area contributed by atoms with Crippen molar-refractivity contribution in [2.45, 2.75) is 6.10 Å². The number of hydrogen-bond donors (Lipinski definition) is 2. The number of rotatable bonds is 4. The number of nitrogens with one attached hydrogen (secondary N) is 1. The molecule has 1 heterocycles. The topological polar surface area (TPSA) is 65.5 Å². The van der Waals surface area contributed by atoms with Crippen LogP contribution in [0.1, 0.15) is 17.2 Å². The summed E-state index contributed by atoms with van der Waals surface area (Å²) in [7, 11) is 0. The highest BCUT2D eigenvalue weighted by atomic mass is 19.1. The zero-order chi connectivity index (χ0) is 16.2. The fraction of sp³-hybridized carbons (Fsp3) is 0.111. The van der Waals surface area contributed by atoms with Crippen LogP contribution >= 0.6 is 0 Å². The lowest BCUT2D eigenvalue weighted by molar-refractivity contribution is 0.187. The molecule has 0 aliphatic carbocycles. The zero-order valence-electron chi connectivity index (χ0n) is 12.2. The van der Waals surface area contributed by atoms with Gasteiger partial charge in [-0.3, -0.25) is 9.79 Å². The average Bonchev–Trinajstić information content (AvgIpc) is 2.56. The van der Waals surface area contributed by atoms with Crippen molar-refractivity contribution in [3.63, 3.8) is 0 Å². The average molecular weight is 310 g/mol. The molecule has 2 N–H and O–H groups in total. The maximum absolute atomic E-state index is 12.8. The number of fused-ring (bicyclic) bond motifs is 1. The van der Waals surface area contributed by atoms with Gasteiger partial charge in [0.05, 0.1) is 18.2 Å². The Hall–Kier alpha value is -2.79. The number of nitrogens with zero attached hydrogens (tertiary/aromatic N) is 1. The summed E-state index contributed by atoms with van der Waals surface area (Å²) in [6.07, 6.45) is 0.601. The minimum atomic E-state index is -0.841. The smallest absolute Gasteiger partial charge is 0.257 e. The Morgan fingerprint density at radius 3 is 2.70 bits per heavy atom. The van der Waals surface area contributed by atoms with Crippen LogP contribution in [0.3, 0.4) is 0 Å². The molecule has 0 saturated heterocycles. The van der Waals surface area contributed by atoms with Gasteiger partial charge in [0.25, 0.3) is 5.56 Å².